The second-order valence-corrected chi connectivity index (χ2v) is 5.07. The monoisotopic (exact) mass is 263 g/mol. The smallest absolute Gasteiger partial charge is 0.320 e. The highest BCUT2D eigenvalue weighted by molar-refractivity contribution is 5.74. The fraction of sp³-hybridized carbons (Fsp3) is 0.500. The zero-order valence-electron chi connectivity index (χ0n) is 11.2. The number of carboxylic acid groups (broad SMARTS) is 1. The fourth-order valence-corrected chi connectivity index (χ4v) is 2.36. The fourth-order valence-electron chi connectivity index (χ4n) is 2.36. The van der Waals surface area contributed by atoms with Crippen LogP contribution < -0.4 is 10.6 Å². The van der Waals surface area contributed by atoms with Gasteiger partial charge in [-0.25, -0.2) is 0 Å². The number of hydrogen-bond acceptors (Lipinski definition) is 4. The van der Waals surface area contributed by atoms with Crippen molar-refractivity contribution in [1.82, 2.24) is 4.90 Å². The zero-order chi connectivity index (χ0) is 13.8. The van der Waals surface area contributed by atoms with Gasteiger partial charge in [0.25, 0.3) is 0 Å². The third-order valence-electron chi connectivity index (χ3n) is 3.59. The van der Waals surface area contributed by atoms with Crippen LogP contribution in [-0.4, -0.2) is 55.2 Å². The van der Waals surface area contributed by atoms with Crippen LogP contribution in [0.15, 0.2) is 24.3 Å². The lowest BCUT2D eigenvalue weighted by atomic mass is 10.0. The van der Waals surface area contributed by atoms with E-state index in [2.05, 4.69) is 22.9 Å². The van der Waals surface area contributed by atoms with Gasteiger partial charge >= 0.3 is 5.97 Å². The molecule has 0 bridgehead atoms. The summed E-state index contributed by atoms with van der Waals surface area (Å²) in [7, 11) is 2.11. The maximum absolute atomic E-state index is 10.9. The number of para-hydroxylation sites is 1. The SMILES string of the molecule is CN1CCN(c2ccccc2CC(N)C(=O)O)CC1. The Hall–Kier alpha value is -1.59. The van der Waals surface area contributed by atoms with Gasteiger partial charge in [-0.2, -0.15) is 0 Å². The van der Waals surface area contributed by atoms with E-state index in [1.54, 1.807) is 0 Å². The summed E-state index contributed by atoms with van der Waals surface area (Å²) in [6.07, 6.45) is 0.373. The molecule has 1 aliphatic heterocycles. The molecule has 0 spiro atoms. The zero-order valence-corrected chi connectivity index (χ0v) is 11.2. The van der Waals surface area contributed by atoms with Gasteiger partial charge in [0.2, 0.25) is 0 Å². The van der Waals surface area contributed by atoms with Crippen LogP contribution in [0.1, 0.15) is 5.56 Å². The molecule has 0 aromatic heterocycles. The number of nitrogens with zero attached hydrogens (tertiary/aromatic N) is 2. The van der Waals surface area contributed by atoms with Crippen LogP contribution >= 0.6 is 0 Å². The number of carboxylic acids is 1. The Morgan fingerprint density at radius 1 is 1.32 bits per heavy atom. The van der Waals surface area contributed by atoms with E-state index in [0.29, 0.717) is 6.42 Å². The van der Waals surface area contributed by atoms with Gasteiger partial charge < -0.3 is 20.6 Å². The van der Waals surface area contributed by atoms with Gasteiger partial charge in [-0.3, -0.25) is 4.79 Å². The third kappa shape index (κ3) is 3.45. The summed E-state index contributed by atoms with van der Waals surface area (Å²) >= 11 is 0. The number of piperazine rings is 1. The number of aliphatic carboxylic acids is 1. The third-order valence-corrected chi connectivity index (χ3v) is 3.59. The highest BCUT2D eigenvalue weighted by atomic mass is 16.4. The minimum absolute atomic E-state index is 0.373. The predicted octanol–water partition coefficient (Wildman–Crippen LogP) is 0.393. The second kappa shape index (κ2) is 6.04. The highest BCUT2D eigenvalue weighted by Crippen LogP contribution is 2.22. The molecule has 1 atom stereocenters. The molecule has 1 aliphatic rings. The number of likely N-dealkylation sites (N-methyl/N-ethyl adjacent to an activating group) is 1. The molecule has 0 amide bonds. The molecule has 0 radical (unpaired) electrons. The lowest BCUT2D eigenvalue weighted by Crippen LogP contribution is -2.45. The Bertz CT molecular complexity index is 442. The Balaban J connectivity index is 2.14. The molecule has 5 heteroatoms. The average molecular weight is 263 g/mol. The van der Waals surface area contributed by atoms with Crippen LogP contribution in [0.25, 0.3) is 0 Å². The summed E-state index contributed by atoms with van der Waals surface area (Å²) in [5.41, 5.74) is 7.78. The molecule has 104 valence electrons. The molecule has 1 fully saturated rings. The number of carbonyl (C=O) groups is 1. The molecule has 19 heavy (non-hydrogen) atoms. The molecule has 0 saturated carbocycles. The van der Waals surface area contributed by atoms with Crippen LogP contribution in [0.2, 0.25) is 0 Å². The summed E-state index contributed by atoms with van der Waals surface area (Å²) in [4.78, 5) is 15.5. The van der Waals surface area contributed by atoms with E-state index < -0.39 is 12.0 Å². The first-order valence-corrected chi connectivity index (χ1v) is 6.57. The van der Waals surface area contributed by atoms with Gasteiger partial charge in [-0.05, 0) is 18.7 Å². The minimum atomic E-state index is -0.951. The number of rotatable bonds is 4. The van der Waals surface area contributed by atoms with Crippen molar-refractivity contribution in [2.75, 3.05) is 38.1 Å². The second-order valence-electron chi connectivity index (χ2n) is 5.07. The molecule has 3 N–H and O–H groups in total. The van der Waals surface area contributed by atoms with Gasteiger partial charge in [-0.15, -0.1) is 0 Å². The van der Waals surface area contributed by atoms with E-state index in [9.17, 15) is 4.79 Å². The van der Waals surface area contributed by atoms with E-state index >= 15 is 0 Å². The Morgan fingerprint density at radius 3 is 2.58 bits per heavy atom. The van der Waals surface area contributed by atoms with E-state index in [4.69, 9.17) is 10.8 Å². The minimum Gasteiger partial charge on any atom is -0.480 e. The average Bonchev–Trinajstić information content (AvgIpc) is 2.40. The molecule has 1 unspecified atom stereocenters. The number of anilines is 1. The van der Waals surface area contributed by atoms with Gasteiger partial charge in [0.15, 0.2) is 0 Å². The molecule has 2 rings (SSSR count). The van der Waals surface area contributed by atoms with Crippen molar-refractivity contribution < 1.29 is 9.90 Å². The molecule has 1 aromatic carbocycles. The predicted molar refractivity (Wildman–Crippen MR) is 75.5 cm³/mol. The number of benzene rings is 1. The van der Waals surface area contributed by atoms with E-state index in [-0.39, 0.29) is 0 Å². The lowest BCUT2D eigenvalue weighted by molar-refractivity contribution is -0.138. The van der Waals surface area contributed by atoms with Crippen molar-refractivity contribution in [2.45, 2.75) is 12.5 Å². The van der Waals surface area contributed by atoms with E-state index in [1.807, 2.05) is 18.2 Å². The maximum atomic E-state index is 10.9. The van der Waals surface area contributed by atoms with Gasteiger partial charge in [-0.1, -0.05) is 18.2 Å². The van der Waals surface area contributed by atoms with E-state index in [1.165, 1.54) is 0 Å². The molecular formula is C14H21N3O2. The van der Waals surface area contributed by atoms with Crippen LogP contribution in [0, 0.1) is 0 Å². The molecular weight excluding hydrogens is 242 g/mol. The van der Waals surface area contributed by atoms with Gasteiger partial charge in [0.05, 0.1) is 0 Å². The number of hydrogen-bond donors (Lipinski definition) is 2. The van der Waals surface area contributed by atoms with Crippen molar-refractivity contribution in [3.8, 4) is 0 Å². The van der Waals surface area contributed by atoms with Crippen molar-refractivity contribution >= 4 is 11.7 Å². The Labute approximate surface area is 113 Å². The van der Waals surface area contributed by atoms with Crippen molar-refractivity contribution in [3.05, 3.63) is 29.8 Å². The molecule has 0 aliphatic carbocycles. The highest BCUT2D eigenvalue weighted by Gasteiger charge is 2.19. The molecule has 1 aromatic rings. The van der Waals surface area contributed by atoms with Crippen LogP contribution in [-0.2, 0) is 11.2 Å². The quantitative estimate of drug-likeness (QED) is 0.822. The van der Waals surface area contributed by atoms with Gasteiger partial charge in [0.1, 0.15) is 6.04 Å². The molecule has 5 nitrogen and oxygen atoms in total. The summed E-state index contributed by atoms with van der Waals surface area (Å²) in [5, 5.41) is 8.93. The first-order valence-electron chi connectivity index (χ1n) is 6.57. The normalized spacial score (nSPS) is 18.3. The van der Waals surface area contributed by atoms with Crippen molar-refractivity contribution in [3.63, 3.8) is 0 Å². The molecule has 1 heterocycles. The van der Waals surface area contributed by atoms with Gasteiger partial charge in [0, 0.05) is 38.3 Å². The Kier molecular flexibility index (Phi) is 4.39. The molecule has 1 saturated heterocycles. The standard InChI is InChI=1S/C14H21N3O2/c1-16-6-8-17(9-7-16)13-5-3-2-4-11(13)10-12(15)14(18)19/h2-5,12H,6-10,15H2,1H3,(H,18,19). The number of nitrogens with two attached hydrogens (primary N) is 1. The van der Waals surface area contributed by atoms with Crippen LogP contribution in [0.4, 0.5) is 5.69 Å². The topological polar surface area (TPSA) is 69.8 Å². The first kappa shape index (κ1) is 13.8. The lowest BCUT2D eigenvalue weighted by Gasteiger charge is -2.35. The first-order chi connectivity index (χ1) is 9.08. The van der Waals surface area contributed by atoms with E-state index in [0.717, 1.165) is 37.4 Å². The summed E-state index contributed by atoms with van der Waals surface area (Å²) < 4.78 is 0. The van der Waals surface area contributed by atoms with Crippen molar-refractivity contribution in [2.24, 2.45) is 5.73 Å². The maximum Gasteiger partial charge on any atom is 0.320 e. The van der Waals surface area contributed by atoms with Crippen molar-refractivity contribution in [1.29, 1.82) is 0 Å². The van der Waals surface area contributed by atoms with Crippen LogP contribution in [0.5, 0.6) is 0 Å². The summed E-state index contributed by atoms with van der Waals surface area (Å²) in [6, 6.07) is 7.10. The Morgan fingerprint density at radius 2 is 1.95 bits per heavy atom. The van der Waals surface area contributed by atoms with Crippen LogP contribution in [0.3, 0.4) is 0 Å². The largest absolute Gasteiger partial charge is 0.480 e. The summed E-state index contributed by atoms with van der Waals surface area (Å²) in [5.74, 6) is -0.951. The summed E-state index contributed by atoms with van der Waals surface area (Å²) in [6.45, 7) is 3.99.